The Balaban J connectivity index is 2.00. The lowest BCUT2D eigenvalue weighted by atomic mass is 9.77. The molecule has 1 atom stereocenters. The minimum absolute atomic E-state index is 0.272. The Kier molecular flexibility index (Phi) is 1.46. The number of fused-ring (bicyclic) bond motifs is 1. The molecule has 13 heavy (non-hydrogen) atoms. The summed E-state index contributed by atoms with van der Waals surface area (Å²) in [5.41, 5.74) is 1.68. The SMILES string of the molecule is O=C1C=C2CCNC2(C2CC2)CC1. The summed E-state index contributed by atoms with van der Waals surface area (Å²) in [6.45, 7) is 1.08. The van der Waals surface area contributed by atoms with Gasteiger partial charge in [-0.2, -0.15) is 0 Å². The van der Waals surface area contributed by atoms with Crippen molar-refractivity contribution in [3.63, 3.8) is 0 Å². The van der Waals surface area contributed by atoms with Crippen LogP contribution in [0.25, 0.3) is 0 Å². The van der Waals surface area contributed by atoms with E-state index in [0.717, 1.165) is 31.7 Å². The van der Waals surface area contributed by atoms with Crippen molar-refractivity contribution in [3.05, 3.63) is 11.6 Å². The molecule has 2 fully saturated rings. The van der Waals surface area contributed by atoms with E-state index in [1.165, 1.54) is 18.4 Å². The van der Waals surface area contributed by atoms with Gasteiger partial charge in [0.05, 0.1) is 0 Å². The quantitative estimate of drug-likeness (QED) is 0.656. The van der Waals surface area contributed by atoms with Crippen molar-refractivity contribution >= 4 is 5.78 Å². The zero-order valence-electron chi connectivity index (χ0n) is 7.81. The average Bonchev–Trinajstić information content (AvgIpc) is 2.88. The van der Waals surface area contributed by atoms with Gasteiger partial charge in [-0.25, -0.2) is 0 Å². The van der Waals surface area contributed by atoms with Crippen molar-refractivity contribution in [3.8, 4) is 0 Å². The summed E-state index contributed by atoms with van der Waals surface area (Å²) < 4.78 is 0. The molecule has 2 nitrogen and oxygen atoms in total. The minimum atomic E-state index is 0.272. The van der Waals surface area contributed by atoms with Gasteiger partial charge in [0, 0.05) is 12.0 Å². The number of nitrogens with one attached hydrogen (secondary N) is 1. The van der Waals surface area contributed by atoms with E-state index >= 15 is 0 Å². The van der Waals surface area contributed by atoms with E-state index in [4.69, 9.17) is 0 Å². The van der Waals surface area contributed by atoms with Crippen LogP contribution in [0.5, 0.6) is 0 Å². The number of carbonyl (C=O) groups excluding carboxylic acids is 1. The molecule has 1 saturated heterocycles. The van der Waals surface area contributed by atoms with E-state index in [-0.39, 0.29) is 5.54 Å². The molecule has 3 aliphatic rings. The third kappa shape index (κ3) is 1.01. The Hall–Kier alpha value is -0.630. The van der Waals surface area contributed by atoms with Crippen LogP contribution in [0.4, 0.5) is 0 Å². The third-order valence-corrected chi connectivity index (χ3v) is 3.78. The first-order valence-corrected chi connectivity index (χ1v) is 5.30. The lowest BCUT2D eigenvalue weighted by molar-refractivity contribution is -0.115. The van der Waals surface area contributed by atoms with Crippen LogP contribution in [-0.2, 0) is 4.79 Å². The van der Waals surface area contributed by atoms with Crippen LogP contribution in [0, 0.1) is 5.92 Å². The highest BCUT2D eigenvalue weighted by atomic mass is 16.1. The van der Waals surface area contributed by atoms with Crippen LogP contribution < -0.4 is 5.32 Å². The van der Waals surface area contributed by atoms with Crippen molar-refractivity contribution in [2.45, 2.75) is 37.6 Å². The van der Waals surface area contributed by atoms with Gasteiger partial charge in [-0.3, -0.25) is 4.79 Å². The molecule has 2 heteroatoms. The van der Waals surface area contributed by atoms with E-state index in [1.54, 1.807) is 0 Å². The number of hydrogen-bond donors (Lipinski definition) is 1. The second kappa shape index (κ2) is 2.44. The largest absolute Gasteiger partial charge is 0.307 e. The Morgan fingerprint density at radius 2 is 2.23 bits per heavy atom. The zero-order valence-corrected chi connectivity index (χ0v) is 7.81. The molecular weight excluding hydrogens is 162 g/mol. The molecule has 0 spiro atoms. The predicted octanol–water partition coefficient (Wildman–Crippen LogP) is 1.42. The van der Waals surface area contributed by atoms with Gasteiger partial charge in [0.2, 0.25) is 0 Å². The van der Waals surface area contributed by atoms with Crippen LogP contribution in [-0.4, -0.2) is 17.9 Å². The topological polar surface area (TPSA) is 29.1 Å². The third-order valence-electron chi connectivity index (χ3n) is 3.78. The number of ketones is 1. The summed E-state index contributed by atoms with van der Waals surface area (Å²) in [7, 11) is 0. The molecule has 1 heterocycles. The molecule has 0 aromatic rings. The Labute approximate surface area is 78.4 Å². The van der Waals surface area contributed by atoms with Gasteiger partial charge in [0.25, 0.3) is 0 Å². The summed E-state index contributed by atoms with van der Waals surface area (Å²) in [6.07, 6.45) is 7.55. The summed E-state index contributed by atoms with van der Waals surface area (Å²) in [5, 5.41) is 3.63. The average molecular weight is 177 g/mol. The second-order valence-corrected chi connectivity index (χ2v) is 4.56. The summed E-state index contributed by atoms with van der Waals surface area (Å²) in [5.74, 6) is 1.18. The number of carbonyl (C=O) groups is 1. The van der Waals surface area contributed by atoms with Crippen molar-refractivity contribution in [2.24, 2.45) is 5.92 Å². The predicted molar refractivity (Wildman–Crippen MR) is 50.4 cm³/mol. The highest BCUT2D eigenvalue weighted by molar-refractivity contribution is 5.92. The Morgan fingerprint density at radius 1 is 1.38 bits per heavy atom. The van der Waals surface area contributed by atoms with Gasteiger partial charge in [-0.15, -0.1) is 0 Å². The van der Waals surface area contributed by atoms with Crippen LogP contribution in [0.2, 0.25) is 0 Å². The molecule has 0 bridgehead atoms. The van der Waals surface area contributed by atoms with Crippen molar-refractivity contribution in [1.82, 2.24) is 5.32 Å². The molecule has 1 saturated carbocycles. The fourth-order valence-corrected chi connectivity index (χ4v) is 2.98. The van der Waals surface area contributed by atoms with Gasteiger partial charge >= 0.3 is 0 Å². The van der Waals surface area contributed by atoms with Crippen molar-refractivity contribution in [1.29, 1.82) is 0 Å². The molecule has 0 amide bonds. The van der Waals surface area contributed by atoms with Gasteiger partial charge in [0.15, 0.2) is 5.78 Å². The lowest BCUT2D eigenvalue weighted by Gasteiger charge is -2.34. The lowest BCUT2D eigenvalue weighted by Crippen LogP contribution is -2.45. The van der Waals surface area contributed by atoms with Gasteiger partial charge in [-0.1, -0.05) is 0 Å². The molecule has 1 aliphatic heterocycles. The first kappa shape index (κ1) is 7.74. The fourth-order valence-electron chi connectivity index (χ4n) is 2.98. The van der Waals surface area contributed by atoms with Gasteiger partial charge in [0.1, 0.15) is 0 Å². The molecule has 3 rings (SSSR count). The van der Waals surface area contributed by atoms with E-state index < -0.39 is 0 Å². The van der Waals surface area contributed by atoms with E-state index in [1.807, 2.05) is 6.08 Å². The van der Waals surface area contributed by atoms with Crippen molar-refractivity contribution in [2.75, 3.05) is 6.54 Å². The summed E-state index contributed by atoms with van der Waals surface area (Å²) >= 11 is 0. The summed E-state index contributed by atoms with van der Waals surface area (Å²) in [6, 6.07) is 0. The monoisotopic (exact) mass is 177 g/mol. The van der Waals surface area contributed by atoms with Crippen LogP contribution in [0.1, 0.15) is 32.1 Å². The number of hydrogen-bond acceptors (Lipinski definition) is 2. The molecule has 2 aliphatic carbocycles. The number of rotatable bonds is 1. The van der Waals surface area contributed by atoms with E-state index in [2.05, 4.69) is 5.32 Å². The van der Waals surface area contributed by atoms with E-state index in [0.29, 0.717) is 5.78 Å². The van der Waals surface area contributed by atoms with Crippen LogP contribution in [0.15, 0.2) is 11.6 Å². The molecule has 70 valence electrons. The first-order chi connectivity index (χ1) is 6.31. The highest BCUT2D eigenvalue weighted by Gasteiger charge is 2.50. The second-order valence-electron chi connectivity index (χ2n) is 4.56. The molecule has 0 radical (unpaired) electrons. The highest BCUT2D eigenvalue weighted by Crippen LogP contribution is 2.50. The molecule has 0 aromatic heterocycles. The molecule has 1 N–H and O–H groups in total. The van der Waals surface area contributed by atoms with Gasteiger partial charge in [-0.05, 0) is 49.8 Å². The van der Waals surface area contributed by atoms with Gasteiger partial charge < -0.3 is 5.32 Å². The smallest absolute Gasteiger partial charge is 0.155 e. The first-order valence-electron chi connectivity index (χ1n) is 5.30. The Bertz CT molecular complexity index is 290. The normalized spacial score (nSPS) is 38.8. The number of allylic oxidation sites excluding steroid dienone is 1. The molecular formula is C11H15NO. The maximum atomic E-state index is 11.3. The summed E-state index contributed by atoms with van der Waals surface area (Å²) in [4.78, 5) is 11.3. The fraction of sp³-hybridized carbons (Fsp3) is 0.727. The zero-order chi connectivity index (χ0) is 8.89. The molecule has 0 aromatic carbocycles. The molecule has 1 unspecified atom stereocenters. The minimum Gasteiger partial charge on any atom is -0.307 e. The Morgan fingerprint density at radius 3 is 3.00 bits per heavy atom. The standard InChI is InChI=1S/C11H15NO/c13-10-3-5-11(8-1-2-8)9(7-10)4-6-12-11/h7-8,12H,1-6H2. The van der Waals surface area contributed by atoms with Crippen LogP contribution >= 0.6 is 0 Å². The van der Waals surface area contributed by atoms with E-state index in [9.17, 15) is 4.79 Å². The van der Waals surface area contributed by atoms with Crippen LogP contribution in [0.3, 0.4) is 0 Å². The maximum Gasteiger partial charge on any atom is 0.155 e. The maximum absolute atomic E-state index is 11.3. The van der Waals surface area contributed by atoms with Crippen molar-refractivity contribution < 1.29 is 4.79 Å².